The third-order valence-electron chi connectivity index (χ3n) is 4.44. The molecule has 2 heterocycles. The Balaban J connectivity index is 1.51. The van der Waals surface area contributed by atoms with Crippen LogP contribution in [0.25, 0.3) is 0 Å². The SMILES string of the molecule is O=C(OCc1nc(Cl)ccc1Cl)C1CCN(C(=O)c2ccc(F)cc2)CC1. The van der Waals surface area contributed by atoms with Crippen molar-refractivity contribution in [2.45, 2.75) is 19.4 Å². The normalized spacial score (nSPS) is 14.9. The van der Waals surface area contributed by atoms with E-state index in [9.17, 15) is 14.0 Å². The van der Waals surface area contributed by atoms with Crippen molar-refractivity contribution in [3.8, 4) is 0 Å². The highest BCUT2D eigenvalue weighted by Crippen LogP contribution is 2.22. The zero-order valence-electron chi connectivity index (χ0n) is 14.3. The Morgan fingerprint density at radius 2 is 1.78 bits per heavy atom. The molecule has 5 nitrogen and oxygen atoms in total. The van der Waals surface area contributed by atoms with E-state index in [4.69, 9.17) is 27.9 Å². The van der Waals surface area contributed by atoms with E-state index < -0.39 is 0 Å². The van der Waals surface area contributed by atoms with E-state index in [-0.39, 0.29) is 35.4 Å². The molecule has 0 radical (unpaired) electrons. The Hall–Kier alpha value is -2.18. The van der Waals surface area contributed by atoms with Gasteiger partial charge in [-0.1, -0.05) is 23.2 Å². The third kappa shape index (κ3) is 4.96. The highest BCUT2D eigenvalue weighted by molar-refractivity contribution is 6.32. The molecule has 0 unspecified atom stereocenters. The maximum atomic E-state index is 13.0. The second kappa shape index (κ2) is 8.67. The largest absolute Gasteiger partial charge is 0.459 e. The van der Waals surface area contributed by atoms with Crippen LogP contribution in [0, 0.1) is 11.7 Å². The first-order valence-corrected chi connectivity index (χ1v) is 9.22. The number of esters is 1. The van der Waals surface area contributed by atoms with Crippen LogP contribution in [0.4, 0.5) is 4.39 Å². The lowest BCUT2D eigenvalue weighted by atomic mass is 9.96. The topological polar surface area (TPSA) is 59.5 Å². The zero-order valence-corrected chi connectivity index (χ0v) is 15.8. The number of rotatable bonds is 4. The van der Waals surface area contributed by atoms with Crippen molar-refractivity contribution >= 4 is 35.1 Å². The molecule has 1 aliphatic rings. The van der Waals surface area contributed by atoms with Gasteiger partial charge in [0.25, 0.3) is 5.91 Å². The number of nitrogens with zero attached hydrogens (tertiary/aromatic N) is 2. The van der Waals surface area contributed by atoms with E-state index in [1.807, 2.05) is 0 Å². The number of piperidine rings is 1. The van der Waals surface area contributed by atoms with Gasteiger partial charge in [0.15, 0.2) is 0 Å². The van der Waals surface area contributed by atoms with E-state index in [1.54, 1.807) is 17.0 Å². The summed E-state index contributed by atoms with van der Waals surface area (Å²) in [4.78, 5) is 30.4. The van der Waals surface area contributed by atoms with Crippen LogP contribution in [-0.4, -0.2) is 34.8 Å². The van der Waals surface area contributed by atoms with Crippen molar-refractivity contribution in [3.05, 3.63) is 63.6 Å². The average Bonchev–Trinajstić information content (AvgIpc) is 2.68. The van der Waals surface area contributed by atoms with Gasteiger partial charge in [0.05, 0.1) is 16.6 Å². The first kappa shape index (κ1) is 19.6. The van der Waals surface area contributed by atoms with Gasteiger partial charge in [0, 0.05) is 18.7 Å². The first-order valence-electron chi connectivity index (χ1n) is 8.46. The minimum atomic E-state index is -0.387. The van der Waals surface area contributed by atoms with Gasteiger partial charge in [0.2, 0.25) is 0 Å². The molecule has 27 heavy (non-hydrogen) atoms. The fourth-order valence-corrected chi connectivity index (χ4v) is 3.23. The lowest BCUT2D eigenvalue weighted by molar-refractivity contribution is -0.151. The van der Waals surface area contributed by atoms with E-state index in [0.29, 0.717) is 42.2 Å². The lowest BCUT2D eigenvalue weighted by Gasteiger charge is -2.31. The maximum Gasteiger partial charge on any atom is 0.309 e. The average molecular weight is 411 g/mol. The van der Waals surface area contributed by atoms with Crippen molar-refractivity contribution < 1.29 is 18.7 Å². The Bertz CT molecular complexity index is 837. The number of benzene rings is 1. The minimum absolute atomic E-state index is 0.0487. The second-order valence-electron chi connectivity index (χ2n) is 6.24. The molecule has 0 spiro atoms. The molecular weight excluding hydrogens is 394 g/mol. The van der Waals surface area contributed by atoms with Gasteiger partial charge in [-0.2, -0.15) is 0 Å². The second-order valence-corrected chi connectivity index (χ2v) is 7.04. The Morgan fingerprint density at radius 1 is 1.11 bits per heavy atom. The molecule has 0 atom stereocenters. The number of amides is 1. The number of likely N-dealkylation sites (tertiary alicyclic amines) is 1. The Kier molecular flexibility index (Phi) is 6.29. The van der Waals surface area contributed by atoms with E-state index >= 15 is 0 Å². The van der Waals surface area contributed by atoms with Gasteiger partial charge in [-0.15, -0.1) is 0 Å². The number of halogens is 3. The van der Waals surface area contributed by atoms with Gasteiger partial charge in [-0.3, -0.25) is 9.59 Å². The molecule has 0 bridgehead atoms. The van der Waals surface area contributed by atoms with Gasteiger partial charge >= 0.3 is 5.97 Å². The summed E-state index contributed by atoms with van der Waals surface area (Å²) in [6, 6.07) is 8.58. The van der Waals surface area contributed by atoms with Crippen LogP contribution in [0.5, 0.6) is 0 Å². The van der Waals surface area contributed by atoms with Crippen LogP contribution in [0.1, 0.15) is 28.9 Å². The minimum Gasteiger partial charge on any atom is -0.459 e. The number of pyridine rings is 1. The maximum absolute atomic E-state index is 13.0. The van der Waals surface area contributed by atoms with Crippen molar-refractivity contribution in [2.75, 3.05) is 13.1 Å². The quantitative estimate of drug-likeness (QED) is 0.561. The number of carbonyl (C=O) groups excluding carboxylic acids is 2. The molecule has 1 aromatic carbocycles. The Morgan fingerprint density at radius 3 is 2.44 bits per heavy atom. The van der Waals surface area contributed by atoms with E-state index in [1.165, 1.54) is 24.3 Å². The van der Waals surface area contributed by atoms with Crippen molar-refractivity contribution in [3.63, 3.8) is 0 Å². The summed E-state index contributed by atoms with van der Waals surface area (Å²) in [5.74, 6) is -1.19. The summed E-state index contributed by atoms with van der Waals surface area (Å²) in [6.45, 7) is 0.825. The van der Waals surface area contributed by atoms with Crippen molar-refractivity contribution in [1.82, 2.24) is 9.88 Å². The van der Waals surface area contributed by atoms with Crippen molar-refractivity contribution in [2.24, 2.45) is 5.92 Å². The predicted molar refractivity (Wildman–Crippen MR) is 99.1 cm³/mol. The molecule has 0 saturated carbocycles. The van der Waals surface area contributed by atoms with E-state index in [0.717, 1.165) is 0 Å². The summed E-state index contributed by atoms with van der Waals surface area (Å²) in [7, 11) is 0. The summed E-state index contributed by atoms with van der Waals surface area (Å²) in [6.07, 6.45) is 1.00. The summed E-state index contributed by atoms with van der Waals surface area (Å²) in [5.41, 5.74) is 0.834. The molecule has 1 aromatic heterocycles. The van der Waals surface area contributed by atoms with Gasteiger partial charge in [-0.05, 0) is 49.2 Å². The summed E-state index contributed by atoms with van der Waals surface area (Å²) >= 11 is 11.8. The third-order valence-corrected chi connectivity index (χ3v) is 5.00. The van der Waals surface area contributed by atoms with Crippen LogP contribution in [-0.2, 0) is 16.1 Å². The van der Waals surface area contributed by atoms with Crippen molar-refractivity contribution in [1.29, 1.82) is 0 Å². The molecule has 0 N–H and O–H groups in total. The van der Waals surface area contributed by atoms with Crippen LogP contribution in [0.15, 0.2) is 36.4 Å². The summed E-state index contributed by atoms with van der Waals surface area (Å²) < 4.78 is 18.3. The van der Waals surface area contributed by atoms with Crippen LogP contribution >= 0.6 is 23.2 Å². The lowest BCUT2D eigenvalue weighted by Crippen LogP contribution is -2.40. The molecule has 142 valence electrons. The molecule has 8 heteroatoms. The zero-order chi connectivity index (χ0) is 19.4. The standard InChI is InChI=1S/C19H17Cl2FN2O3/c20-15-5-6-17(21)23-16(15)11-27-19(26)13-7-9-24(10-8-13)18(25)12-1-3-14(22)4-2-12/h1-6,13H,7-11H2. The number of aromatic nitrogens is 1. The van der Waals surface area contributed by atoms with Crippen LogP contribution < -0.4 is 0 Å². The molecule has 1 aliphatic heterocycles. The molecule has 1 saturated heterocycles. The predicted octanol–water partition coefficient (Wildman–Crippen LogP) is 4.12. The molecule has 2 aromatic rings. The van der Waals surface area contributed by atoms with E-state index in [2.05, 4.69) is 4.98 Å². The fraction of sp³-hybridized carbons (Fsp3) is 0.316. The molecule has 0 aliphatic carbocycles. The van der Waals surface area contributed by atoms with Crippen LogP contribution in [0.2, 0.25) is 10.2 Å². The molecular formula is C19H17Cl2FN2O3. The van der Waals surface area contributed by atoms with Gasteiger partial charge in [0.1, 0.15) is 17.6 Å². The highest BCUT2D eigenvalue weighted by atomic mass is 35.5. The van der Waals surface area contributed by atoms with Crippen LogP contribution in [0.3, 0.4) is 0 Å². The summed E-state index contributed by atoms with van der Waals surface area (Å²) in [5, 5.41) is 0.657. The van der Waals surface area contributed by atoms with Gasteiger partial charge in [-0.25, -0.2) is 9.37 Å². The number of carbonyl (C=O) groups is 2. The smallest absolute Gasteiger partial charge is 0.309 e. The first-order chi connectivity index (χ1) is 12.9. The van der Waals surface area contributed by atoms with Gasteiger partial charge < -0.3 is 9.64 Å². The Labute approximate surface area is 166 Å². The fourth-order valence-electron chi connectivity index (χ4n) is 2.91. The highest BCUT2D eigenvalue weighted by Gasteiger charge is 2.29. The number of hydrogen-bond donors (Lipinski definition) is 0. The number of ether oxygens (including phenoxy) is 1. The number of hydrogen-bond acceptors (Lipinski definition) is 4. The molecule has 1 fully saturated rings. The monoisotopic (exact) mass is 410 g/mol. The molecule has 1 amide bonds. The molecule has 3 rings (SSSR count).